The molecule has 262 valence electrons. The van der Waals surface area contributed by atoms with E-state index in [1.165, 1.54) is 22.3 Å². The molecule has 8 aromatic carbocycles. The summed E-state index contributed by atoms with van der Waals surface area (Å²) in [7, 11) is 0. The third-order valence-corrected chi connectivity index (χ3v) is 10.7. The van der Waals surface area contributed by atoms with Crippen molar-refractivity contribution in [1.29, 1.82) is 0 Å². The summed E-state index contributed by atoms with van der Waals surface area (Å²) >= 11 is 0. The standard InChI is InChI=1S/C52H32N2O2/c1-3-11-33(12-4-1)37-15-9-16-38(29-37)34-21-23-35(24-22-34)39-25-27-49-44(30-39)51-42(18-10-20-50(51)56-49)52-53-45(36-13-5-2-6-14-36)32-46(54-52)40-26-28-48-43(31-40)41-17-7-8-19-47(41)55-48/h1-32H. The maximum absolute atomic E-state index is 6.47. The second-order valence-corrected chi connectivity index (χ2v) is 14.2. The van der Waals surface area contributed by atoms with Crippen molar-refractivity contribution in [3.8, 4) is 67.3 Å². The quantitative estimate of drug-likeness (QED) is 0.172. The van der Waals surface area contributed by atoms with Crippen LogP contribution < -0.4 is 0 Å². The molecule has 0 fully saturated rings. The van der Waals surface area contributed by atoms with Crippen LogP contribution in [0.2, 0.25) is 0 Å². The molecule has 0 saturated heterocycles. The summed E-state index contributed by atoms with van der Waals surface area (Å²) in [6.07, 6.45) is 0. The largest absolute Gasteiger partial charge is 0.456 e. The van der Waals surface area contributed by atoms with Crippen molar-refractivity contribution < 1.29 is 8.83 Å². The average Bonchev–Trinajstić information content (AvgIpc) is 3.85. The first-order valence-electron chi connectivity index (χ1n) is 18.8. The molecule has 0 bridgehead atoms. The normalized spacial score (nSPS) is 11.6. The van der Waals surface area contributed by atoms with Crippen LogP contribution in [0, 0.1) is 0 Å². The van der Waals surface area contributed by atoms with Crippen molar-refractivity contribution in [2.45, 2.75) is 0 Å². The molecule has 3 aromatic heterocycles. The molecule has 0 N–H and O–H groups in total. The molecule has 0 amide bonds. The van der Waals surface area contributed by atoms with Crippen molar-refractivity contribution in [1.82, 2.24) is 9.97 Å². The van der Waals surface area contributed by atoms with Crippen LogP contribution in [-0.2, 0) is 0 Å². The van der Waals surface area contributed by atoms with Crippen LogP contribution in [0.3, 0.4) is 0 Å². The summed E-state index contributed by atoms with van der Waals surface area (Å²) in [4.78, 5) is 10.5. The van der Waals surface area contributed by atoms with Crippen LogP contribution in [0.15, 0.2) is 203 Å². The maximum atomic E-state index is 6.47. The van der Waals surface area contributed by atoms with Gasteiger partial charge in [0.2, 0.25) is 0 Å². The molecule has 0 atom stereocenters. The van der Waals surface area contributed by atoms with Crippen LogP contribution in [-0.4, -0.2) is 9.97 Å². The molecular formula is C52H32N2O2. The van der Waals surface area contributed by atoms with E-state index < -0.39 is 0 Å². The lowest BCUT2D eigenvalue weighted by Crippen LogP contribution is -1.96. The van der Waals surface area contributed by atoms with Crippen molar-refractivity contribution in [2.75, 3.05) is 0 Å². The van der Waals surface area contributed by atoms with Gasteiger partial charge >= 0.3 is 0 Å². The highest BCUT2D eigenvalue weighted by atomic mass is 16.3. The predicted octanol–water partition coefficient (Wildman–Crippen LogP) is 14.3. The third-order valence-electron chi connectivity index (χ3n) is 10.7. The summed E-state index contributed by atoms with van der Waals surface area (Å²) in [5, 5.41) is 4.16. The Balaban J connectivity index is 1.02. The monoisotopic (exact) mass is 716 g/mol. The number of aromatic nitrogens is 2. The van der Waals surface area contributed by atoms with Gasteiger partial charge in [0.05, 0.1) is 11.4 Å². The number of hydrogen-bond donors (Lipinski definition) is 0. The Kier molecular flexibility index (Phi) is 7.46. The molecule has 4 heteroatoms. The molecular weight excluding hydrogens is 685 g/mol. The second-order valence-electron chi connectivity index (χ2n) is 14.2. The SMILES string of the molecule is c1ccc(-c2cccc(-c3ccc(-c4ccc5oc6cccc(-c7nc(-c8ccccc8)cc(-c8ccc9oc%10ccccc%10c9c8)n7)c6c5c4)cc3)c2)cc1. The smallest absolute Gasteiger partial charge is 0.161 e. The van der Waals surface area contributed by atoms with Crippen LogP contribution >= 0.6 is 0 Å². The van der Waals surface area contributed by atoms with Crippen LogP contribution in [0.5, 0.6) is 0 Å². The van der Waals surface area contributed by atoms with Crippen molar-refractivity contribution >= 4 is 43.9 Å². The van der Waals surface area contributed by atoms with E-state index in [2.05, 4.69) is 140 Å². The first-order valence-corrected chi connectivity index (χ1v) is 18.8. The summed E-state index contributed by atoms with van der Waals surface area (Å²) in [6.45, 7) is 0. The highest BCUT2D eigenvalue weighted by molar-refractivity contribution is 6.13. The van der Waals surface area contributed by atoms with E-state index in [1.54, 1.807) is 0 Å². The minimum Gasteiger partial charge on any atom is -0.456 e. The number of furan rings is 2. The Labute approximate surface area is 323 Å². The van der Waals surface area contributed by atoms with Gasteiger partial charge in [-0.15, -0.1) is 0 Å². The molecule has 0 spiro atoms. The van der Waals surface area contributed by atoms with Gasteiger partial charge in [0.25, 0.3) is 0 Å². The minimum atomic E-state index is 0.638. The Morgan fingerprint density at radius 1 is 0.286 bits per heavy atom. The van der Waals surface area contributed by atoms with E-state index >= 15 is 0 Å². The average molecular weight is 717 g/mol. The molecule has 0 unspecified atom stereocenters. The van der Waals surface area contributed by atoms with Crippen LogP contribution in [0.1, 0.15) is 0 Å². The van der Waals surface area contributed by atoms with Gasteiger partial charge in [0.1, 0.15) is 22.3 Å². The second kappa shape index (κ2) is 13.1. The predicted molar refractivity (Wildman–Crippen MR) is 229 cm³/mol. The van der Waals surface area contributed by atoms with E-state index in [-0.39, 0.29) is 0 Å². The van der Waals surface area contributed by atoms with Gasteiger partial charge < -0.3 is 8.83 Å². The highest BCUT2D eigenvalue weighted by Gasteiger charge is 2.18. The van der Waals surface area contributed by atoms with Crippen LogP contribution in [0.25, 0.3) is 111 Å². The van der Waals surface area contributed by atoms with E-state index in [0.29, 0.717) is 5.82 Å². The van der Waals surface area contributed by atoms with Gasteiger partial charge in [-0.2, -0.15) is 0 Å². The van der Waals surface area contributed by atoms with E-state index in [0.717, 1.165) is 83.1 Å². The fourth-order valence-corrected chi connectivity index (χ4v) is 7.91. The number of benzene rings is 8. The number of nitrogens with zero attached hydrogens (tertiary/aromatic N) is 2. The lowest BCUT2D eigenvalue weighted by Gasteiger charge is -2.10. The molecule has 0 radical (unpaired) electrons. The number of hydrogen-bond acceptors (Lipinski definition) is 4. The van der Waals surface area contributed by atoms with Gasteiger partial charge in [-0.05, 0) is 88.0 Å². The summed E-state index contributed by atoms with van der Waals surface area (Å²) < 4.78 is 12.6. The first-order chi connectivity index (χ1) is 27.7. The fourth-order valence-electron chi connectivity index (χ4n) is 7.91. The Bertz CT molecular complexity index is 3230. The Morgan fingerprint density at radius 3 is 1.52 bits per heavy atom. The van der Waals surface area contributed by atoms with Gasteiger partial charge in [-0.1, -0.05) is 140 Å². The molecule has 11 rings (SSSR count). The zero-order valence-corrected chi connectivity index (χ0v) is 30.2. The van der Waals surface area contributed by atoms with Crippen molar-refractivity contribution in [3.05, 3.63) is 194 Å². The minimum absolute atomic E-state index is 0.638. The number of para-hydroxylation sites is 1. The topological polar surface area (TPSA) is 52.1 Å². The number of fused-ring (bicyclic) bond motifs is 6. The van der Waals surface area contributed by atoms with Crippen LogP contribution in [0.4, 0.5) is 0 Å². The van der Waals surface area contributed by atoms with Gasteiger partial charge in [0, 0.05) is 38.2 Å². The molecule has 4 nitrogen and oxygen atoms in total. The molecule has 3 heterocycles. The lowest BCUT2D eigenvalue weighted by atomic mass is 9.96. The molecule has 0 aliphatic rings. The van der Waals surface area contributed by atoms with E-state index in [9.17, 15) is 0 Å². The first kappa shape index (κ1) is 31.9. The lowest BCUT2D eigenvalue weighted by molar-refractivity contribution is 0.668. The molecule has 0 aliphatic carbocycles. The Morgan fingerprint density at radius 2 is 0.768 bits per heavy atom. The maximum Gasteiger partial charge on any atom is 0.161 e. The van der Waals surface area contributed by atoms with Gasteiger partial charge in [-0.3, -0.25) is 0 Å². The van der Waals surface area contributed by atoms with E-state index in [4.69, 9.17) is 18.8 Å². The summed E-state index contributed by atoms with van der Waals surface area (Å²) in [6, 6.07) is 67.4. The molecule has 11 aromatic rings. The molecule has 56 heavy (non-hydrogen) atoms. The van der Waals surface area contributed by atoms with Gasteiger partial charge in [0.15, 0.2) is 5.82 Å². The van der Waals surface area contributed by atoms with Gasteiger partial charge in [-0.25, -0.2) is 9.97 Å². The third kappa shape index (κ3) is 5.55. The number of rotatable bonds is 6. The summed E-state index contributed by atoms with van der Waals surface area (Å²) in [5.74, 6) is 0.638. The highest BCUT2D eigenvalue weighted by Crippen LogP contribution is 2.40. The van der Waals surface area contributed by atoms with Crippen molar-refractivity contribution in [2.24, 2.45) is 0 Å². The molecule has 0 aliphatic heterocycles. The molecule has 0 saturated carbocycles. The fraction of sp³-hybridized carbons (Fsp3) is 0. The zero-order valence-electron chi connectivity index (χ0n) is 30.2. The van der Waals surface area contributed by atoms with E-state index in [1.807, 2.05) is 54.6 Å². The Hall–Kier alpha value is -7.56. The zero-order chi connectivity index (χ0) is 37.0. The summed E-state index contributed by atoms with van der Waals surface area (Å²) in [5.41, 5.74) is 15.0. The van der Waals surface area contributed by atoms with Crippen molar-refractivity contribution in [3.63, 3.8) is 0 Å².